The van der Waals surface area contributed by atoms with Crippen LogP contribution < -0.4 is 10.1 Å². The molecule has 0 bridgehead atoms. The number of methoxy groups -OCH3 is 1. The van der Waals surface area contributed by atoms with Crippen molar-refractivity contribution in [1.82, 2.24) is 15.1 Å². The molecule has 4 rings (SSSR count). The zero-order valence-corrected chi connectivity index (χ0v) is 16.7. The maximum atomic E-state index is 12.8. The Balaban J connectivity index is 1.60. The molecule has 3 aromatic rings. The smallest absolute Gasteiger partial charge is 0.342 e. The molecule has 1 aromatic heterocycles. The Morgan fingerprint density at radius 1 is 1.10 bits per heavy atom. The normalized spacial score (nSPS) is 13.0. The van der Waals surface area contributed by atoms with Crippen LogP contribution in [0.25, 0.3) is 11.3 Å². The number of carbonyl (C=O) groups is 2. The van der Waals surface area contributed by atoms with E-state index in [9.17, 15) is 9.59 Å². The number of para-hydroxylation sites is 1. The summed E-state index contributed by atoms with van der Waals surface area (Å²) in [7, 11) is 1.57. The Hall–Kier alpha value is -3.61. The summed E-state index contributed by atoms with van der Waals surface area (Å²) in [6.45, 7) is 0.184. The number of nitrogens with one attached hydrogen (secondary N) is 1. The quantitative estimate of drug-likeness (QED) is 0.583. The first-order chi connectivity index (χ1) is 14.6. The molecule has 1 fully saturated rings. The van der Waals surface area contributed by atoms with Crippen LogP contribution in [0.2, 0.25) is 0 Å². The van der Waals surface area contributed by atoms with E-state index in [1.807, 2.05) is 54.6 Å². The van der Waals surface area contributed by atoms with Gasteiger partial charge in [0.2, 0.25) is 0 Å². The van der Waals surface area contributed by atoms with Crippen molar-refractivity contribution in [2.45, 2.75) is 25.4 Å². The van der Waals surface area contributed by atoms with E-state index in [4.69, 9.17) is 9.47 Å². The molecular weight excluding hydrogens is 382 g/mol. The summed E-state index contributed by atoms with van der Waals surface area (Å²) in [5.41, 5.74) is 2.47. The summed E-state index contributed by atoms with van der Waals surface area (Å²) in [5.74, 6) is -0.287. The van der Waals surface area contributed by atoms with Crippen LogP contribution in [0.3, 0.4) is 0 Å². The molecule has 0 atom stereocenters. The second-order valence-corrected chi connectivity index (χ2v) is 7.19. The number of rotatable bonds is 8. The van der Waals surface area contributed by atoms with Crippen LogP contribution in [0.15, 0.2) is 60.8 Å². The topological polar surface area (TPSA) is 82.5 Å². The highest BCUT2D eigenvalue weighted by molar-refractivity contribution is 5.97. The standard InChI is InChI=1S/C23H23N3O4/c1-29-20-10-6-5-9-18(20)22-19(23(28)30-15-21(27)24-17-11-12-17)14-26(25-22)13-16-7-3-2-4-8-16/h2-10,14,17H,11-13,15H2,1H3,(H,24,27). The van der Waals surface area contributed by atoms with E-state index >= 15 is 0 Å². The molecule has 1 N–H and O–H groups in total. The van der Waals surface area contributed by atoms with Crippen molar-refractivity contribution < 1.29 is 19.1 Å². The third-order valence-corrected chi connectivity index (χ3v) is 4.81. The summed E-state index contributed by atoms with van der Waals surface area (Å²) in [6.07, 6.45) is 3.60. The minimum absolute atomic E-state index is 0.217. The van der Waals surface area contributed by atoms with Gasteiger partial charge in [-0.2, -0.15) is 5.10 Å². The van der Waals surface area contributed by atoms with Crippen molar-refractivity contribution >= 4 is 11.9 Å². The average Bonchev–Trinajstić information content (AvgIpc) is 3.49. The van der Waals surface area contributed by atoms with Gasteiger partial charge in [0.15, 0.2) is 6.61 Å². The molecule has 7 nitrogen and oxygen atoms in total. The highest BCUT2D eigenvalue weighted by Gasteiger charge is 2.25. The van der Waals surface area contributed by atoms with Crippen LogP contribution in [-0.2, 0) is 16.1 Å². The molecule has 0 spiro atoms. The Labute approximate surface area is 174 Å². The molecule has 2 aromatic carbocycles. The molecule has 1 amide bonds. The van der Waals surface area contributed by atoms with Gasteiger partial charge in [0.05, 0.1) is 13.7 Å². The summed E-state index contributed by atoms with van der Waals surface area (Å²) in [6, 6.07) is 17.4. The van der Waals surface area contributed by atoms with E-state index in [0.29, 0.717) is 23.6 Å². The molecule has 0 unspecified atom stereocenters. The molecule has 0 aliphatic heterocycles. The Morgan fingerprint density at radius 2 is 1.83 bits per heavy atom. The van der Waals surface area contributed by atoms with Crippen molar-refractivity contribution in [2.75, 3.05) is 13.7 Å². The number of aromatic nitrogens is 2. The molecule has 1 aliphatic rings. The number of nitrogens with zero attached hydrogens (tertiary/aromatic N) is 2. The number of amides is 1. The van der Waals surface area contributed by atoms with Crippen LogP contribution in [0, 0.1) is 0 Å². The van der Waals surface area contributed by atoms with Crippen LogP contribution in [0.1, 0.15) is 28.8 Å². The molecule has 1 aliphatic carbocycles. The monoisotopic (exact) mass is 405 g/mol. The number of esters is 1. The largest absolute Gasteiger partial charge is 0.496 e. The van der Waals surface area contributed by atoms with E-state index in [2.05, 4.69) is 10.4 Å². The maximum Gasteiger partial charge on any atom is 0.342 e. The number of carbonyl (C=O) groups excluding carboxylic acids is 2. The van der Waals surface area contributed by atoms with Gasteiger partial charge in [0.25, 0.3) is 5.91 Å². The van der Waals surface area contributed by atoms with Crippen LogP contribution in [0.5, 0.6) is 5.75 Å². The fourth-order valence-corrected chi connectivity index (χ4v) is 3.17. The third kappa shape index (κ3) is 4.68. The molecule has 154 valence electrons. The van der Waals surface area contributed by atoms with Gasteiger partial charge in [0, 0.05) is 17.8 Å². The second-order valence-electron chi connectivity index (χ2n) is 7.19. The van der Waals surface area contributed by atoms with Crippen LogP contribution in [-0.4, -0.2) is 41.4 Å². The molecule has 0 saturated heterocycles. The van der Waals surface area contributed by atoms with Gasteiger partial charge in [-0.1, -0.05) is 42.5 Å². The first-order valence-electron chi connectivity index (χ1n) is 9.85. The minimum atomic E-state index is -0.596. The van der Waals surface area contributed by atoms with E-state index in [-0.39, 0.29) is 24.1 Å². The lowest BCUT2D eigenvalue weighted by Gasteiger charge is -2.08. The predicted molar refractivity (Wildman–Crippen MR) is 111 cm³/mol. The van der Waals surface area contributed by atoms with Gasteiger partial charge in [-0.05, 0) is 30.5 Å². The second kappa shape index (κ2) is 8.82. The van der Waals surface area contributed by atoms with Crippen molar-refractivity contribution in [3.05, 3.63) is 71.9 Å². The lowest BCUT2D eigenvalue weighted by atomic mass is 10.1. The predicted octanol–water partition coefficient (Wildman–Crippen LogP) is 3.04. The SMILES string of the molecule is COc1ccccc1-c1nn(Cc2ccccc2)cc1C(=O)OCC(=O)NC1CC1. The number of ether oxygens (including phenoxy) is 2. The average molecular weight is 405 g/mol. The lowest BCUT2D eigenvalue weighted by Crippen LogP contribution is -2.30. The first kappa shape index (κ1) is 19.7. The van der Waals surface area contributed by atoms with Gasteiger partial charge in [0.1, 0.15) is 17.0 Å². The number of benzene rings is 2. The van der Waals surface area contributed by atoms with Gasteiger partial charge >= 0.3 is 5.97 Å². The highest BCUT2D eigenvalue weighted by Crippen LogP contribution is 2.31. The van der Waals surface area contributed by atoms with Gasteiger partial charge < -0.3 is 14.8 Å². The molecule has 7 heteroatoms. The van der Waals surface area contributed by atoms with Crippen molar-refractivity contribution in [2.24, 2.45) is 0 Å². The molecule has 30 heavy (non-hydrogen) atoms. The van der Waals surface area contributed by atoms with Crippen molar-refractivity contribution in [3.8, 4) is 17.0 Å². The molecule has 1 heterocycles. The zero-order valence-electron chi connectivity index (χ0n) is 16.7. The zero-order chi connectivity index (χ0) is 20.9. The van der Waals surface area contributed by atoms with E-state index in [0.717, 1.165) is 18.4 Å². The number of hydrogen-bond donors (Lipinski definition) is 1. The van der Waals surface area contributed by atoms with Crippen LogP contribution >= 0.6 is 0 Å². The van der Waals surface area contributed by atoms with Gasteiger partial charge in [-0.15, -0.1) is 0 Å². The van der Waals surface area contributed by atoms with Crippen LogP contribution in [0.4, 0.5) is 0 Å². The third-order valence-electron chi connectivity index (χ3n) is 4.81. The number of hydrogen-bond acceptors (Lipinski definition) is 5. The highest BCUT2D eigenvalue weighted by atomic mass is 16.5. The molecule has 0 radical (unpaired) electrons. The summed E-state index contributed by atoms with van der Waals surface area (Å²) >= 11 is 0. The Bertz CT molecular complexity index is 1040. The van der Waals surface area contributed by atoms with Gasteiger partial charge in [-0.3, -0.25) is 9.48 Å². The summed E-state index contributed by atoms with van der Waals surface area (Å²) in [4.78, 5) is 24.7. The van der Waals surface area contributed by atoms with E-state index in [1.54, 1.807) is 18.0 Å². The van der Waals surface area contributed by atoms with Crippen molar-refractivity contribution in [3.63, 3.8) is 0 Å². The van der Waals surface area contributed by atoms with E-state index < -0.39 is 5.97 Å². The minimum Gasteiger partial charge on any atom is -0.496 e. The van der Waals surface area contributed by atoms with Gasteiger partial charge in [-0.25, -0.2) is 4.79 Å². The summed E-state index contributed by atoms with van der Waals surface area (Å²) in [5, 5.41) is 7.43. The fraction of sp³-hybridized carbons (Fsp3) is 0.261. The molecule has 1 saturated carbocycles. The Kier molecular flexibility index (Phi) is 5.79. The first-order valence-corrected chi connectivity index (χ1v) is 9.85. The van der Waals surface area contributed by atoms with Crippen molar-refractivity contribution in [1.29, 1.82) is 0 Å². The Morgan fingerprint density at radius 3 is 2.57 bits per heavy atom. The van der Waals surface area contributed by atoms with E-state index in [1.165, 1.54) is 0 Å². The maximum absolute atomic E-state index is 12.8. The molecular formula is C23H23N3O4. The lowest BCUT2D eigenvalue weighted by molar-refractivity contribution is -0.124. The summed E-state index contributed by atoms with van der Waals surface area (Å²) < 4.78 is 12.4. The fourth-order valence-electron chi connectivity index (χ4n) is 3.17.